The molecule has 0 aliphatic rings. The fourth-order valence-corrected chi connectivity index (χ4v) is 4.39. The van der Waals surface area contributed by atoms with Gasteiger partial charge in [-0.1, -0.05) is 32.0 Å². The van der Waals surface area contributed by atoms with Crippen LogP contribution in [-0.4, -0.2) is 39.3 Å². The van der Waals surface area contributed by atoms with E-state index in [1.165, 1.54) is 38.4 Å². The van der Waals surface area contributed by atoms with Crippen LogP contribution >= 0.6 is 15.9 Å². The third kappa shape index (κ3) is 4.75. The van der Waals surface area contributed by atoms with E-state index in [2.05, 4.69) is 21.2 Å². The lowest BCUT2D eigenvalue weighted by Gasteiger charge is -2.26. The largest absolute Gasteiger partial charge is 0.351 e. The summed E-state index contributed by atoms with van der Waals surface area (Å²) in [6.45, 7) is 3.85. The van der Waals surface area contributed by atoms with Crippen molar-refractivity contribution in [3.05, 3.63) is 63.9 Å². The summed E-state index contributed by atoms with van der Waals surface area (Å²) >= 11 is 3.21. The van der Waals surface area contributed by atoms with Gasteiger partial charge in [-0.2, -0.15) is 0 Å². The Labute approximate surface area is 167 Å². The Morgan fingerprint density at radius 3 is 2.41 bits per heavy atom. The van der Waals surface area contributed by atoms with Crippen molar-refractivity contribution < 1.29 is 17.6 Å². The van der Waals surface area contributed by atoms with Crippen molar-refractivity contribution in [2.75, 3.05) is 20.6 Å². The predicted molar refractivity (Wildman–Crippen MR) is 107 cm³/mol. The highest BCUT2D eigenvalue weighted by atomic mass is 79.9. The van der Waals surface area contributed by atoms with Gasteiger partial charge in [0.2, 0.25) is 10.0 Å². The standard InChI is InChI=1S/C19H22BrFN2O3S/c1-19(2,14-7-5-6-8-16(14)21)12-22-18(24)13-9-10-15(20)17(11-13)27(25,26)23(3)4/h5-11H,12H2,1-4H3,(H,22,24). The van der Waals surface area contributed by atoms with Crippen molar-refractivity contribution in [3.8, 4) is 0 Å². The first-order chi connectivity index (χ1) is 12.5. The van der Waals surface area contributed by atoms with E-state index < -0.39 is 21.3 Å². The molecule has 0 saturated heterocycles. The number of hydrogen-bond donors (Lipinski definition) is 1. The lowest BCUT2D eigenvalue weighted by Crippen LogP contribution is -2.37. The SMILES string of the molecule is CN(C)S(=O)(=O)c1cc(C(=O)NCC(C)(C)c2ccccc2F)ccc1Br. The minimum atomic E-state index is -3.70. The molecule has 0 atom stereocenters. The lowest BCUT2D eigenvalue weighted by atomic mass is 9.84. The zero-order valence-corrected chi connectivity index (χ0v) is 18.0. The van der Waals surface area contributed by atoms with Crippen LogP contribution in [0.4, 0.5) is 4.39 Å². The summed E-state index contributed by atoms with van der Waals surface area (Å²) in [5, 5.41) is 2.76. The van der Waals surface area contributed by atoms with E-state index in [9.17, 15) is 17.6 Å². The maximum absolute atomic E-state index is 14.0. The maximum Gasteiger partial charge on any atom is 0.251 e. The minimum Gasteiger partial charge on any atom is -0.351 e. The maximum atomic E-state index is 14.0. The molecule has 0 heterocycles. The number of nitrogens with one attached hydrogen (secondary N) is 1. The Bertz CT molecular complexity index is 959. The number of amides is 1. The molecule has 2 aromatic rings. The Kier molecular flexibility index (Phi) is 6.44. The third-order valence-corrected chi connectivity index (χ3v) is 7.05. The minimum absolute atomic E-state index is 0.00788. The van der Waals surface area contributed by atoms with E-state index in [-0.39, 0.29) is 22.8 Å². The summed E-state index contributed by atoms with van der Waals surface area (Å²) in [6, 6.07) is 10.8. The van der Waals surface area contributed by atoms with Gasteiger partial charge in [-0.15, -0.1) is 0 Å². The summed E-state index contributed by atoms with van der Waals surface area (Å²) in [5.41, 5.74) is 0.0782. The number of nitrogens with zero attached hydrogens (tertiary/aromatic N) is 1. The van der Waals surface area contributed by atoms with E-state index in [4.69, 9.17) is 0 Å². The monoisotopic (exact) mass is 456 g/mol. The summed E-state index contributed by atoms with van der Waals surface area (Å²) in [7, 11) is -0.855. The van der Waals surface area contributed by atoms with Crippen LogP contribution in [0.5, 0.6) is 0 Å². The first-order valence-electron chi connectivity index (χ1n) is 8.22. The molecule has 27 heavy (non-hydrogen) atoms. The Morgan fingerprint density at radius 2 is 1.81 bits per heavy atom. The zero-order chi connectivity index (χ0) is 20.4. The van der Waals surface area contributed by atoms with Crippen molar-refractivity contribution in [1.82, 2.24) is 9.62 Å². The van der Waals surface area contributed by atoms with E-state index in [0.29, 0.717) is 10.0 Å². The van der Waals surface area contributed by atoms with Gasteiger partial charge in [0.15, 0.2) is 0 Å². The molecule has 2 aromatic carbocycles. The normalized spacial score (nSPS) is 12.3. The van der Waals surface area contributed by atoms with E-state index in [1.54, 1.807) is 18.2 Å². The number of benzene rings is 2. The number of halogens is 2. The van der Waals surface area contributed by atoms with Gasteiger partial charge in [0.25, 0.3) is 5.91 Å². The van der Waals surface area contributed by atoms with Crippen molar-refractivity contribution in [1.29, 1.82) is 0 Å². The van der Waals surface area contributed by atoms with E-state index in [0.717, 1.165) is 4.31 Å². The van der Waals surface area contributed by atoms with Gasteiger partial charge in [0.05, 0.1) is 4.90 Å². The lowest BCUT2D eigenvalue weighted by molar-refractivity contribution is 0.0945. The molecule has 1 N–H and O–H groups in total. The third-order valence-electron chi connectivity index (χ3n) is 4.25. The van der Waals surface area contributed by atoms with Crippen LogP contribution in [0.1, 0.15) is 29.8 Å². The summed E-state index contributed by atoms with van der Waals surface area (Å²) in [4.78, 5) is 12.5. The molecule has 0 spiro atoms. The average molecular weight is 457 g/mol. The quantitative estimate of drug-likeness (QED) is 0.722. The number of carbonyl (C=O) groups excluding carboxylic acids is 1. The fourth-order valence-electron chi connectivity index (χ4n) is 2.55. The fraction of sp³-hybridized carbons (Fsp3) is 0.316. The first-order valence-corrected chi connectivity index (χ1v) is 10.5. The molecular formula is C19H22BrFN2O3S. The molecule has 0 fully saturated rings. The van der Waals surface area contributed by atoms with E-state index >= 15 is 0 Å². The highest BCUT2D eigenvalue weighted by molar-refractivity contribution is 9.10. The number of carbonyl (C=O) groups is 1. The second-order valence-electron chi connectivity index (χ2n) is 6.98. The molecule has 0 aromatic heterocycles. The topological polar surface area (TPSA) is 66.5 Å². The molecule has 146 valence electrons. The molecule has 1 amide bonds. The molecule has 5 nitrogen and oxygen atoms in total. The highest BCUT2D eigenvalue weighted by Crippen LogP contribution is 2.27. The Hall–Kier alpha value is -1.77. The van der Waals surface area contributed by atoms with Gasteiger partial charge in [0.1, 0.15) is 5.82 Å². The molecule has 0 unspecified atom stereocenters. The Balaban J connectivity index is 2.23. The molecule has 0 aliphatic carbocycles. The molecule has 0 bridgehead atoms. The van der Waals surface area contributed by atoms with Crippen LogP contribution in [0.25, 0.3) is 0 Å². The molecular weight excluding hydrogens is 435 g/mol. The summed E-state index contributed by atoms with van der Waals surface area (Å²) in [6.07, 6.45) is 0. The second-order valence-corrected chi connectivity index (χ2v) is 9.95. The van der Waals surface area contributed by atoms with Crippen LogP contribution < -0.4 is 5.32 Å². The molecule has 0 aliphatic heterocycles. The van der Waals surface area contributed by atoms with Crippen LogP contribution in [0.2, 0.25) is 0 Å². The molecule has 8 heteroatoms. The van der Waals surface area contributed by atoms with E-state index in [1.807, 2.05) is 13.8 Å². The van der Waals surface area contributed by atoms with Crippen molar-refractivity contribution in [3.63, 3.8) is 0 Å². The van der Waals surface area contributed by atoms with Crippen LogP contribution in [0.3, 0.4) is 0 Å². The first kappa shape index (κ1) is 21.5. The van der Waals surface area contributed by atoms with Gasteiger partial charge >= 0.3 is 0 Å². The highest BCUT2D eigenvalue weighted by Gasteiger charge is 2.26. The van der Waals surface area contributed by atoms with Gasteiger partial charge in [-0.05, 0) is 45.8 Å². The second kappa shape index (κ2) is 8.08. The molecule has 0 radical (unpaired) electrons. The van der Waals surface area contributed by atoms with Gasteiger partial charge in [-0.3, -0.25) is 4.79 Å². The van der Waals surface area contributed by atoms with Crippen molar-refractivity contribution >= 4 is 31.9 Å². The van der Waals surface area contributed by atoms with Crippen LogP contribution in [-0.2, 0) is 15.4 Å². The molecule has 0 saturated carbocycles. The van der Waals surface area contributed by atoms with Crippen molar-refractivity contribution in [2.45, 2.75) is 24.2 Å². The summed E-state index contributed by atoms with van der Waals surface area (Å²) < 4.78 is 40.3. The van der Waals surface area contributed by atoms with Gasteiger partial charge < -0.3 is 5.32 Å². The summed E-state index contributed by atoms with van der Waals surface area (Å²) in [5.74, 6) is -0.762. The Morgan fingerprint density at radius 1 is 1.19 bits per heavy atom. The van der Waals surface area contributed by atoms with Gasteiger partial charge in [-0.25, -0.2) is 17.1 Å². The predicted octanol–water partition coefficient (Wildman–Crippen LogP) is 3.55. The molecule has 2 rings (SSSR count). The van der Waals surface area contributed by atoms with Gasteiger partial charge in [0, 0.05) is 36.1 Å². The number of rotatable bonds is 6. The number of sulfonamides is 1. The average Bonchev–Trinajstić information content (AvgIpc) is 2.60. The van der Waals surface area contributed by atoms with Crippen molar-refractivity contribution in [2.24, 2.45) is 0 Å². The van der Waals surface area contributed by atoms with Crippen LogP contribution in [0, 0.1) is 5.82 Å². The van der Waals surface area contributed by atoms with Crippen LogP contribution in [0.15, 0.2) is 51.8 Å². The number of hydrogen-bond acceptors (Lipinski definition) is 3. The zero-order valence-electron chi connectivity index (χ0n) is 15.6. The smallest absolute Gasteiger partial charge is 0.251 e.